The van der Waals surface area contributed by atoms with E-state index in [0.717, 1.165) is 40.8 Å². The molecule has 3 rings (SSSR count). The van der Waals surface area contributed by atoms with Crippen LogP contribution < -0.4 is 10.2 Å². The topological polar surface area (TPSA) is 67.6 Å². The molecule has 0 spiro atoms. The zero-order chi connectivity index (χ0) is 17.6. The van der Waals surface area contributed by atoms with Gasteiger partial charge in [0.1, 0.15) is 0 Å². The molecule has 0 saturated carbocycles. The van der Waals surface area contributed by atoms with Crippen LogP contribution in [-0.2, 0) is 0 Å². The third-order valence-corrected chi connectivity index (χ3v) is 4.94. The number of benzene rings is 1. The van der Waals surface area contributed by atoms with E-state index in [9.17, 15) is 5.26 Å². The van der Waals surface area contributed by atoms with Crippen LogP contribution in [0.15, 0.2) is 41.5 Å². The van der Waals surface area contributed by atoms with Gasteiger partial charge >= 0.3 is 0 Å². The number of hydrogen-bond acceptors (Lipinski definition) is 5. The second-order valence-electron chi connectivity index (χ2n) is 6.13. The van der Waals surface area contributed by atoms with Crippen molar-refractivity contribution in [1.82, 2.24) is 15.2 Å². The van der Waals surface area contributed by atoms with E-state index < -0.39 is 0 Å². The summed E-state index contributed by atoms with van der Waals surface area (Å²) in [6, 6.07) is 10.3. The molecule has 25 heavy (non-hydrogen) atoms. The zero-order valence-electron chi connectivity index (χ0n) is 14.5. The molecular weight excluding hydrogens is 332 g/mol. The Labute approximate surface area is 152 Å². The van der Waals surface area contributed by atoms with Gasteiger partial charge in [-0.15, -0.1) is 0 Å². The van der Waals surface area contributed by atoms with Gasteiger partial charge in [-0.25, -0.2) is 4.98 Å². The third-order valence-electron chi connectivity index (χ3n) is 3.90. The molecule has 2 heterocycles. The van der Waals surface area contributed by atoms with Gasteiger partial charge in [-0.05, 0) is 45.3 Å². The number of aromatic nitrogens is 1. The molecule has 0 radical (unpaired) electrons. The first kappa shape index (κ1) is 17.4. The summed E-state index contributed by atoms with van der Waals surface area (Å²) in [4.78, 5) is 13.7. The van der Waals surface area contributed by atoms with Gasteiger partial charge in [0, 0.05) is 12.7 Å². The molecule has 7 heteroatoms. The highest BCUT2D eigenvalue weighted by molar-refractivity contribution is 7.22. The van der Waals surface area contributed by atoms with Gasteiger partial charge in [-0.1, -0.05) is 23.5 Å². The lowest BCUT2D eigenvalue weighted by molar-refractivity contribution is 0.403. The summed E-state index contributed by atoms with van der Waals surface area (Å²) in [5.41, 5.74) is 0.972. The first-order chi connectivity index (χ1) is 12.2. The number of guanidine groups is 1. The molecule has 1 N–H and O–H groups in total. The summed E-state index contributed by atoms with van der Waals surface area (Å²) in [6.07, 6.45) is 5.24. The van der Waals surface area contributed by atoms with E-state index in [2.05, 4.69) is 36.4 Å². The summed E-state index contributed by atoms with van der Waals surface area (Å²) in [5.74, 6) is 0.764. The van der Waals surface area contributed by atoms with Crippen molar-refractivity contribution in [2.75, 3.05) is 32.1 Å². The lowest BCUT2D eigenvalue weighted by Gasteiger charge is -2.32. The molecule has 1 atom stereocenters. The largest absolute Gasteiger partial charge is 0.333 e. The number of aliphatic imine (C=N–C) groups is 1. The summed E-state index contributed by atoms with van der Waals surface area (Å²) in [5, 5.41) is 13.3. The third kappa shape index (κ3) is 4.16. The molecule has 130 valence electrons. The van der Waals surface area contributed by atoms with Gasteiger partial charge in [-0.2, -0.15) is 5.26 Å². The van der Waals surface area contributed by atoms with Crippen molar-refractivity contribution in [2.24, 2.45) is 4.99 Å². The van der Waals surface area contributed by atoms with Gasteiger partial charge in [0.05, 0.1) is 28.7 Å². The highest BCUT2D eigenvalue weighted by Crippen LogP contribution is 2.31. The lowest BCUT2D eigenvalue weighted by Crippen LogP contribution is -2.48. The van der Waals surface area contributed by atoms with Crippen molar-refractivity contribution >= 4 is 32.6 Å². The van der Waals surface area contributed by atoms with Crippen LogP contribution in [-0.4, -0.2) is 49.1 Å². The second-order valence-corrected chi connectivity index (χ2v) is 7.14. The Balaban J connectivity index is 1.89. The second kappa shape index (κ2) is 8.10. The number of para-hydroxylation sites is 1. The van der Waals surface area contributed by atoms with Gasteiger partial charge in [0.15, 0.2) is 5.13 Å². The maximum atomic E-state index is 9.19. The Kier molecular flexibility index (Phi) is 5.64. The normalized spacial score (nSPS) is 18.7. The number of fused-ring (bicyclic) bond motifs is 1. The minimum absolute atomic E-state index is 0.0561. The van der Waals surface area contributed by atoms with E-state index in [4.69, 9.17) is 9.98 Å². The molecule has 1 unspecified atom stereocenters. The van der Waals surface area contributed by atoms with Crippen molar-refractivity contribution in [3.05, 3.63) is 36.5 Å². The number of rotatable bonds is 6. The fourth-order valence-electron chi connectivity index (χ4n) is 2.69. The number of hydrogen-bond donors (Lipinski definition) is 1. The molecule has 0 fully saturated rings. The van der Waals surface area contributed by atoms with Crippen molar-refractivity contribution in [3.63, 3.8) is 0 Å². The molecule has 1 aromatic heterocycles. The van der Waals surface area contributed by atoms with Gasteiger partial charge in [0.2, 0.25) is 5.96 Å². The standard InChI is InChI=1S/C18H22N6S/c1-23(2)13-5-11-20-17-21-12-9-14(8-10-19)24(17)18-22-15-6-3-4-7-16(15)25-18/h3-4,6-7,9,12,14H,5,8,11,13H2,1-2H3,(H,20,21). The van der Waals surface area contributed by atoms with Crippen LogP contribution in [0, 0.1) is 11.3 Å². The highest BCUT2D eigenvalue weighted by atomic mass is 32.1. The molecule has 0 saturated heterocycles. The van der Waals surface area contributed by atoms with Gasteiger partial charge in [0.25, 0.3) is 0 Å². The molecule has 1 aromatic carbocycles. The smallest absolute Gasteiger partial charge is 0.204 e. The molecule has 0 amide bonds. The van der Waals surface area contributed by atoms with Crippen molar-refractivity contribution < 1.29 is 0 Å². The van der Waals surface area contributed by atoms with E-state index in [1.54, 1.807) is 11.3 Å². The van der Waals surface area contributed by atoms with Crippen LogP contribution in [0.3, 0.4) is 0 Å². The summed E-state index contributed by atoms with van der Waals surface area (Å²) >= 11 is 1.62. The van der Waals surface area contributed by atoms with Gasteiger partial charge < -0.3 is 10.2 Å². The SMILES string of the molecule is CN(C)CCCN=C1NC=CC(CC#N)N1c1nc2ccccc2s1. The highest BCUT2D eigenvalue weighted by Gasteiger charge is 2.27. The van der Waals surface area contributed by atoms with Crippen LogP contribution in [0.4, 0.5) is 5.13 Å². The fraction of sp³-hybridized carbons (Fsp3) is 0.389. The molecule has 2 aromatic rings. The fourth-order valence-corrected chi connectivity index (χ4v) is 3.71. The quantitative estimate of drug-likeness (QED) is 0.808. The molecule has 1 aliphatic heterocycles. The zero-order valence-corrected chi connectivity index (χ0v) is 15.3. The van der Waals surface area contributed by atoms with E-state index in [-0.39, 0.29) is 6.04 Å². The number of nitrogens with one attached hydrogen (secondary N) is 1. The average molecular weight is 354 g/mol. The summed E-state index contributed by atoms with van der Waals surface area (Å²) in [7, 11) is 4.12. The predicted octanol–water partition coefficient (Wildman–Crippen LogP) is 2.81. The Morgan fingerprint density at radius 2 is 2.24 bits per heavy atom. The molecule has 1 aliphatic rings. The first-order valence-corrected chi connectivity index (χ1v) is 9.15. The van der Waals surface area contributed by atoms with Crippen LogP contribution in [0.1, 0.15) is 12.8 Å². The Hall–Kier alpha value is -2.43. The number of nitrogens with zero attached hydrogens (tertiary/aromatic N) is 5. The van der Waals surface area contributed by atoms with E-state index in [1.807, 2.05) is 35.4 Å². The minimum atomic E-state index is -0.0561. The lowest BCUT2D eigenvalue weighted by atomic mass is 10.2. The average Bonchev–Trinajstić information content (AvgIpc) is 3.02. The Morgan fingerprint density at radius 1 is 1.40 bits per heavy atom. The van der Waals surface area contributed by atoms with E-state index >= 15 is 0 Å². The maximum absolute atomic E-state index is 9.19. The van der Waals surface area contributed by atoms with Crippen LogP contribution in [0.5, 0.6) is 0 Å². The van der Waals surface area contributed by atoms with Crippen molar-refractivity contribution in [2.45, 2.75) is 18.9 Å². The predicted molar refractivity (Wildman–Crippen MR) is 104 cm³/mol. The van der Waals surface area contributed by atoms with E-state index in [0.29, 0.717) is 6.42 Å². The number of thiazole rings is 1. The summed E-state index contributed by atoms with van der Waals surface area (Å²) < 4.78 is 1.13. The van der Waals surface area contributed by atoms with Crippen molar-refractivity contribution in [1.29, 1.82) is 5.26 Å². The van der Waals surface area contributed by atoms with Crippen LogP contribution in [0.25, 0.3) is 10.2 Å². The van der Waals surface area contributed by atoms with Crippen LogP contribution in [0.2, 0.25) is 0 Å². The van der Waals surface area contributed by atoms with Gasteiger partial charge in [-0.3, -0.25) is 9.89 Å². The van der Waals surface area contributed by atoms with Crippen LogP contribution >= 0.6 is 11.3 Å². The first-order valence-electron chi connectivity index (χ1n) is 8.33. The monoisotopic (exact) mass is 354 g/mol. The van der Waals surface area contributed by atoms with E-state index in [1.165, 1.54) is 0 Å². The Bertz CT molecular complexity index is 783. The number of nitriles is 1. The Morgan fingerprint density at radius 3 is 3.00 bits per heavy atom. The molecule has 0 aliphatic carbocycles. The maximum Gasteiger partial charge on any atom is 0.204 e. The molecule has 0 bridgehead atoms. The molecule has 6 nitrogen and oxygen atoms in total. The molecular formula is C18H22N6S. The van der Waals surface area contributed by atoms with Crippen molar-refractivity contribution in [3.8, 4) is 6.07 Å². The summed E-state index contributed by atoms with van der Waals surface area (Å²) in [6.45, 7) is 1.73. The number of anilines is 1. The minimum Gasteiger partial charge on any atom is -0.333 e.